The van der Waals surface area contributed by atoms with Crippen molar-refractivity contribution in [3.63, 3.8) is 0 Å². The highest BCUT2D eigenvalue weighted by molar-refractivity contribution is 6.06. The van der Waals surface area contributed by atoms with E-state index in [0.29, 0.717) is 19.4 Å². The highest BCUT2D eigenvalue weighted by Crippen LogP contribution is 2.40. The molecule has 5 heteroatoms. The summed E-state index contributed by atoms with van der Waals surface area (Å²) in [5.74, 6) is -0.0137. The predicted octanol–water partition coefficient (Wildman–Crippen LogP) is 2.26. The van der Waals surface area contributed by atoms with Crippen molar-refractivity contribution in [3.05, 3.63) is 35.4 Å². The number of nitrogens with two attached hydrogens (primary N) is 1. The fourth-order valence-electron chi connectivity index (χ4n) is 3.13. The number of amidine groups is 1. The highest BCUT2D eigenvalue weighted by Gasteiger charge is 2.46. The lowest BCUT2D eigenvalue weighted by Gasteiger charge is -2.31. The first kappa shape index (κ1) is 15.4. The van der Waals surface area contributed by atoms with E-state index in [0.717, 1.165) is 24.0 Å². The third kappa shape index (κ3) is 2.86. The Morgan fingerprint density at radius 3 is 2.57 bits per heavy atom. The second-order valence-corrected chi connectivity index (χ2v) is 5.86. The van der Waals surface area contributed by atoms with Crippen LogP contribution in [0, 0.1) is 12.3 Å². The number of hydrogen-bond donors (Lipinski definition) is 2. The molecule has 0 saturated heterocycles. The molecule has 1 aliphatic rings. The number of amides is 1. The Hall–Kier alpha value is -2.04. The van der Waals surface area contributed by atoms with Crippen LogP contribution < -0.4 is 5.73 Å². The molecule has 1 fully saturated rings. The summed E-state index contributed by atoms with van der Waals surface area (Å²) in [5, 5.41) is 12.1. The Labute approximate surface area is 125 Å². The summed E-state index contributed by atoms with van der Waals surface area (Å²) in [6.07, 6.45) is 3.17. The molecule has 0 aliphatic heterocycles. The van der Waals surface area contributed by atoms with Gasteiger partial charge in [-0.05, 0) is 30.9 Å². The molecular weight excluding hydrogens is 266 g/mol. The Bertz CT molecular complexity index is 548. The Kier molecular flexibility index (Phi) is 4.50. The molecule has 0 heterocycles. The zero-order valence-corrected chi connectivity index (χ0v) is 12.7. The molecule has 1 aromatic carbocycles. The van der Waals surface area contributed by atoms with Crippen molar-refractivity contribution in [1.29, 1.82) is 0 Å². The monoisotopic (exact) mass is 289 g/mol. The van der Waals surface area contributed by atoms with Crippen LogP contribution in [-0.2, 0) is 11.3 Å². The number of carbonyl (C=O) groups excluding carboxylic acids is 1. The molecule has 2 rings (SSSR count). The standard InChI is InChI=1S/C16H23N3O2/c1-12-7-3-4-8-13(12)11-19(2)15(20)16(14(17)18-21)9-5-6-10-16/h3-4,7-8,21H,5-6,9-11H2,1-2H3,(H2,17,18). The molecule has 1 saturated carbocycles. The van der Waals surface area contributed by atoms with E-state index >= 15 is 0 Å². The maximum Gasteiger partial charge on any atom is 0.236 e. The predicted molar refractivity (Wildman–Crippen MR) is 82.0 cm³/mol. The van der Waals surface area contributed by atoms with Crippen molar-refractivity contribution >= 4 is 11.7 Å². The normalized spacial score (nSPS) is 17.7. The van der Waals surface area contributed by atoms with E-state index in [1.165, 1.54) is 0 Å². The highest BCUT2D eigenvalue weighted by atomic mass is 16.4. The molecule has 0 unspecified atom stereocenters. The van der Waals surface area contributed by atoms with E-state index in [1.807, 2.05) is 31.2 Å². The van der Waals surface area contributed by atoms with Crippen molar-refractivity contribution in [2.45, 2.75) is 39.2 Å². The molecule has 1 amide bonds. The quantitative estimate of drug-likeness (QED) is 0.386. The first-order chi connectivity index (χ1) is 10.0. The van der Waals surface area contributed by atoms with Crippen LogP contribution in [0.15, 0.2) is 29.4 Å². The van der Waals surface area contributed by atoms with Crippen LogP contribution >= 0.6 is 0 Å². The summed E-state index contributed by atoms with van der Waals surface area (Å²) < 4.78 is 0. The van der Waals surface area contributed by atoms with Gasteiger partial charge in [-0.25, -0.2) is 0 Å². The van der Waals surface area contributed by atoms with Gasteiger partial charge in [0.15, 0.2) is 5.84 Å². The van der Waals surface area contributed by atoms with E-state index in [-0.39, 0.29) is 11.7 Å². The number of rotatable bonds is 4. The lowest BCUT2D eigenvalue weighted by Crippen LogP contribution is -2.48. The van der Waals surface area contributed by atoms with Crippen molar-refractivity contribution in [1.82, 2.24) is 4.90 Å². The summed E-state index contributed by atoms with van der Waals surface area (Å²) in [5.41, 5.74) is 7.27. The molecule has 0 atom stereocenters. The summed E-state index contributed by atoms with van der Waals surface area (Å²) >= 11 is 0. The molecule has 0 aromatic heterocycles. The van der Waals surface area contributed by atoms with Gasteiger partial charge in [0.25, 0.3) is 0 Å². The summed E-state index contributed by atoms with van der Waals surface area (Å²) in [6.45, 7) is 2.56. The van der Waals surface area contributed by atoms with Crippen molar-refractivity contribution < 1.29 is 10.0 Å². The first-order valence-electron chi connectivity index (χ1n) is 7.29. The van der Waals surface area contributed by atoms with Crippen LogP contribution in [0.3, 0.4) is 0 Å². The number of carbonyl (C=O) groups is 1. The van der Waals surface area contributed by atoms with Crippen LogP contribution in [-0.4, -0.2) is 28.9 Å². The van der Waals surface area contributed by atoms with Gasteiger partial charge < -0.3 is 15.8 Å². The number of nitrogens with zero attached hydrogens (tertiary/aromatic N) is 2. The molecule has 1 aliphatic carbocycles. The van der Waals surface area contributed by atoms with Gasteiger partial charge in [-0.2, -0.15) is 0 Å². The van der Waals surface area contributed by atoms with E-state index in [4.69, 9.17) is 10.9 Å². The minimum atomic E-state index is -0.827. The number of aryl methyl sites for hydroxylation is 1. The summed E-state index contributed by atoms with van der Waals surface area (Å²) in [6, 6.07) is 8.00. The third-order valence-corrected chi connectivity index (χ3v) is 4.48. The van der Waals surface area contributed by atoms with E-state index in [9.17, 15) is 4.79 Å². The average Bonchev–Trinajstić information content (AvgIpc) is 2.98. The Morgan fingerprint density at radius 2 is 2.00 bits per heavy atom. The van der Waals surface area contributed by atoms with Gasteiger partial charge in [0.1, 0.15) is 5.41 Å². The molecular formula is C16H23N3O2. The van der Waals surface area contributed by atoms with Gasteiger partial charge in [-0.15, -0.1) is 0 Å². The van der Waals surface area contributed by atoms with Crippen LogP contribution in [0.2, 0.25) is 0 Å². The van der Waals surface area contributed by atoms with Gasteiger partial charge in [0, 0.05) is 13.6 Å². The third-order valence-electron chi connectivity index (χ3n) is 4.48. The van der Waals surface area contributed by atoms with Crippen molar-refractivity contribution in [2.75, 3.05) is 7.05 Å². The smallest absolute Gasteiger partial charge is 0.236 e. The molecule has 0 bridgehead atoms. The average molecular weight is 289 g/mol. The zero-order valence-electron chi connectivity index (χ0n) is 12.7. The van der Waals surface area contributed by atoms with Gasteiger partial charge in [0.05, 0.1) is 0 Å². The SMILES string of the molecule is Cc1ccccc1CN(C)C(=O)C1(C(N)=NO)CCCC1. The maximum absolute atomic E-state index is 12.8. The number of oxime groups is 1. The molecule has 114 valence electrons. The van der Waals surface area contributed by atoms with Gasteiger partial charge >= 0.3 is 0 Å². The van der Waals surface area contributed by atoms with Crippen LogP contribution in [0.25, 0.3) is 0 Å². The molecule has 0 spiro atoms. The van der Waals surface area contributed by atoms with Gasteiger partial charge in [-0.3, -0.25) is 4.79 Å². The molecule has 21 heavy (non-hydrogen) atoms. The second-order valence-electron chi connectivity index (χ2n) is 5.86. The fourth-order valence-corrected chi connectivity index (χ4v) is 3.13. The van der Waals surface area contributed by atoms with E-state index in [1.54, 1.807) is 11.9 Å². The number of hydrogen-bond acceptors (Lipinski definition) is 3. The lowest BCUT2D eigenvalue weighted by atomic mass is 9.83. The molecule has 5 nitrogen and oxygen atoms in total. The summed E-state index contributed by atoms with van der Waals surface area (Å²) in [7, 11) is 1.78. The lowest BCUT2D eigenvalue weighted by molar-refractivity contribution is -0.137. The molecule has 0 radical (unpaired) electrons. The van der Waals surface area contributed by atoms with Gasteiger partial charge in [0.2, 0.25) is 5.91 Å². The molecule has 3 N–H and O–H groups in total. The topological polar surface area (TPSA) is 78.9 Å². The van der Waals surface area contributed by atoms with Crippen LogP contribution in [0.1, 0.15) is 36.8 Å². The Balaban J connectivity index is 2.20. The Morgan fingerprint density at radius 1 is 1.38 bits per heavy atom. The summed E-state index contributed by atoms with van der Waals surface area (Å²) in [4.78, 5) is 14.5. The van der Waals surface area contributed by atoms with Crippen molar-refractivity contribution in [3.8, 4) is 0 Å². The zero-order chi connectivity index (χ0) is 15.5. The first-order valence-corrected chi connectivity index (χ1v) is 7.29. The minimum absolute atomic E-state index is 0.0432. The fraction of sp³-hybridized carbons (Fsp3) is 0.500. The van der Waals surface area contributed by atoms with Crippen molar-refractivity contribution in [2.24, 2.45) is 16.3 Å². The largest absolute Gasteiger partial charge is 0.409 e. The van der Waals surface area contributed by atoms with Crippen LogP contribution in [0.4, 0.5) is 0 Å². The minimum Gasteiger partial charge on any atom is -0.409 e. The van der Waals surface area contributed by atoms with E-state index < -0.39 is 5.41 Å². The van der Waals surface area contributed by atoms with E-state index in [2.05, 4.69) is 5.16 Å². The second kappa shape index (κ2) is 6.16. The van der Waals surface area contributed by atoms with Crippen LogP contribution in [0.5, 0.6) is 0 Å². The maximum atomic E-state index is 12.8. The molecule has 1 aromatic rings. The van der Waals surface area contributed by atoms with Gasteiger partial charge in [-0.1, -0.05) is 42.3 Å². The number of benzene rings is 1.